The molecular weight excluding hydrogens is 162 g/mol. The Kier molecular flexibility index (Phi) is 3.10. The lowest BCUT2D eigenvalue weighted by atomic mass is 10.1. The molecule has 1 N–H and O–H groups in total. The number of amides is 1. The second kappa shape index (κ2) is 4.32. The SMILES string of the molecule is C#Cc1ccc(C(C)NC=O)cc1. The Morgan fingerprint density at radius 2 is 2.08 bits per heavy atom. The van der Waals surface area contributed by atoms with E-state index in [0.717, 1.165) is 11.1 Å². The number of hydrogen-bond donors (Lipinski definition) is 1. The number of benzene rings is 1. The highest BCUT2D eigenvalue weighted by atomic mass is 16.1. The van der Waals surface area contributed by atoms with Crippen molar-refractivity contribution in [2.75, 3.05) is 0 Å². The number of carbonyl (C=O) groups is 1. The number of rotatable bonds is 3. The highest BCUT2D eigenvalue weighted by Gasteiger charge is 2.01. The lowest BCUT2D eigenvalue weighted by Crippen LogP contribution is -2.15. The highest BCUT2D eigenvalue weighted by Crippen LogP contribution is 2.11. The Labute approximate surface area is 78.0 Å². The van der Waals surface area contributed by atoms with E-state index in [0.29, 0.717) is 6.41 Å². The first kappa shape index (κ1) is 9.34. The zero-order chi connectivity index (χ0) is 9.68. The van der Waals surface area contributed by atoms with E-state index in [1.807, 2.05) is 31.2 Å². The number of nitrogens with one attached hydrogen (secondary N) is 1. The molecule has 1 aromatic carbocycles. The molecule has 0 aliphatic carbocycles. The van der Waals surface area contributed by atoms with Crippen molar-refractivity contribution in [3.8, 4) is 12.3 Å². The largest absolute Gasteiger partial charge is 0.352 e. The summed E-state index contributed by atoms with van der Waals surface area (Å²) in [7, 11) is 0. The smallest absolute Gasteiger partial charge is 0.207 e. The van der Waals surface area contributed by atoms with Gasteiger partial charge in [0.2, 0.25) is 6.41 Å². The summed E-state index contributed by atoms with van der Waals surface area (Å²) in [5, 5.41) is 2.67. The molecule has 0 saturated carbocycles. The minimum atomic E-state index is 0.0318. The zero-order valence-corrected chi connectivity index (χ0v) is 7.45. The van der Waals surface area contributed by atoms with E-state index < -0.39 is 0 Å². The molecule has 0 aliphatic heterocycles. The fourth-order valence-electron chi connectivity index (χ4n) is 1.07. The first-order chi connectivity index (χ1) is 6.27. The molecule has 0 bridgehead atoms. The molecule has 13 heavy (non-hydrogen) atoms. The molecule has 0 radical (unpaired) electrons. The Morgan fingerprint density at radius 1 is 1.46 bits per heavy atom. The summed E-state index contributed by atoms with van der Waals surface area (Å²) in [4.78, 5) is 10.2. The fraction of sp³-hybridized carbons (Fsp3) is 0.182. The normalized spacial score (nSPS) is 11.4. The summed E-state index contributed by atoms with van der Waals surface area (Å²) in [6.45, 7) is 1.92. The van der Waals surface area contributed by atoms with Crippen molar-refractivity contribution < 1.29 is 4.79 Å². The van der Waals surface area contributed by atoms with Gasteiger partial charge in [-0.3, -0.25) is 4.79 Å². The molecule has 0 aliphatic rings. The van der Waals surface area contributed by atoms with Crippen LogP contribution in [-0.2, 0) is 4.79 Å². The van der Waals surface area contributed by atoms with Crippen molar-refractivity contribution in [1.82, 2.24) is 5.32 Å². The Hall–Kier alpha value is -1.75. The van der Waals surface area contributed by atoms with Crippen molar-refractivity contribution in [2.24, 2.45) is 0 Å². The van der Waals surface area contributed by atoms with E-state index in [1.54, 1.807) is 0 Å². The molecule has 0 fully saturated rings. The van der Waals surface area contributed by atoms with Crippen LogP contribution in [0.1, 0.15) is 24.1 Å². The first-order valence-electron chi connectivity index (χ1n) is 4.04. The van der Waals surface area contributed by atoms with Crippen molar-refractivity contribution in [1.29, 1.82) is 0 Å². The van der Waals surface area contributed by atoms with Gasteiger partial charge in [0.25, 0.3) is 0 Å². The lowest BCUT2D eigenvalue weighted by Gasteiger charge is -2.09. The van der Waals surface area contributed by atoms with Gasteiger partial charge >= 0.3 is 0 Å². The summed E-state index contributed by atoms with van der Waals surface area (Å²) in [6.07, 6.45) is 5.91. The topological polar surface area (TPSA) is 29.1 Å². The number of carbonyl (C=O) groups excluding carboxylic acids is 1. The van der Waals surface area contributed by atoms with Crippen LogP contribution in [0, 0.1) is 12.3 Å². The van der Waals surface area contributed by atoms with Crippen LogP contribution < -0.4 is 5.32 Å². The molecule has 1 aromatic rings. The Morgan fingerprint density at radius 3 is 2.54 bits per heavy atom. The van der Waals surface area contributed by atoms with E-state index >= 15 is 0 Å². The van der Waals surface area contributed by atoms with Gasteiger partial charge in [-0.05, 0) is 24.6 Å². The lowest BCUT2D eigenvalue weighted by molar-refractivity contribution is -0.110. The van der Waals surface area contributed by atoms with Crippen molar-refractivity contribution in [3.63, 3.8) is 0 Å². The summed E-state index contributed by atoms with van der Waals surface area (Å²) in [5.74, 6) is 2.54. The zero-order valence-electron chi connectivity index (χ0n) is 7.45. The first-order valence-corrected chi connectivity index (χ1v) is 4.04. The third-order valence-corrected chi connectivity index (χ3v) is 1.90. The Balaban J connectivity index is 2.80. The van der Waals surface area contributed by atoms with Crippen molar-refractivity contribution in [3.05, 3.63) is 35.4 Å². The second-order valence-corrected chi connectivity index (χ2v) is 2.77. The van der Waals surface area contributed by atoms with Gasteiger partial charge < -0.3 is 5.32 Å². The van der Waals surface area contributed by atoms with Gasteiger partial charge in [0.05, 0.1) is 6.04 Å². The summed E-state index contributed by atoms with van der Waals surface area (Å²) in [6, 6.07) is 7.58. The maximum atomic E-state index is 10.2. The third-order valence-electron chi connectivity index (χ3n) is 1.90. The summed E-state index contributed by atoms with van der Waals surface area (Å²) < 4.78 is 0. The predicted octanol–water partition coefficient (Wildman–Crippen LogP) is 1.47. The van der Waals surface area contributed by atoms with Gasteiger partial charge in [-0.1, -0.05) is 18.1 Å². The van der Waals surface area contributed by atoms with E-state index in [4.69, 9.17) is 6.42 Å². The van der Waals surface area contributed by atoms with Crippen LogP contribution in [-0.4, -0.2) is 6.41 Å². The third kappa shape index (κ3) is 2.34. The van der Waals surface area contributed by atoms with Gasteiger partial charge in [0.1, 0.15) is 0 Å². The molecule has 0 saturated heterocycles. The van der Waals surface area contributed by atoms with E-state index in [2.05, 4.69) is 11.2 Å². The minimum Gasteiger partial charge on any atom is -0.352 e. The second-order valence-electron chi connectivity index (χ2n) is 2.77. The summed E-state index contributed by atoms with van der Waals surface area (Å²) in [5.41, 5.74) is 1.90. The predicted molar refractivity (Wildman–Crippen MR) is 52.0 cm³/mol. The van der Waals surface area contributed by atoms with E-state index in [9.17, 15) is 4.79 Å². The fourth-order valence-corrected chi connectivity index (χ4v) is 1.07. The molecular formula is C11H11NO. The Bertz CT molecular complexity index is 321. The van der Waals surface area contributed by atoms with Crippen LogP contribution in [0.4, 0.5) is 0 Å². The van der Waals surface area contributed by atoms with Gasteiger partial charge in [-0.15, -0.1) is 6.42 Å². The molecule has 0 aromatic heterocycles. The standard InChI is InChI=1S/C11H11NO/c1-3-10-4-6-11(7-5-10)9(2)12-8-13/h1,4-9H,2H3,(H,12,13). The van der Waals surface area contributed by atoms with Crippen LogP contribution in [0.2, 0.25) is 0 Å². The van der Waals surface area contributed by atoms with Crippen LogP contribution >= 0.6 is 0 Å². The van der Waals surface area contributed by atoms with Crippen LogP contribution in [0.5, 0.6) is 0 Å². The maximum absolute atomic E-state index is 10.2. The van der Waals surface area contributed by atoms with E-state index in [1.165, 1.54) is 0 Å². The monoisotopic (exact) mass is 173 g/mol. The number of hydrogen-bond acceptors (Lipinski definition) is 1. The molecule has 1 amide bonds. The van der Waals surface area contributed by atoms with Crippen molar-refractivity contribution in [2.45, 2.75) is 13.0 Å². The number of terminal acetylenes is 1. The van der Waals surface area contributed by atoms with Crippen LogP contribution in [0.3, 0.4) is 0 Å². The molecule has 0 spiro atoms. The molecule has 66 valence electrons. The van der Waals surface area contributed by atoms with Gasteiger partial charge in [-0.2, -0.15) is 0 Å². The quantitative estimate of drug-likeness (QED) is 0.544. The average Bonchev–Trinajstić information content (AvgIpc) is 2.18. The molecule has 1 atom stereocenters. The molecule has 2 nitrogen and oxygen atoms in total. The molecule has 0 heterocycles. The molecule has 2 heteroatoms. The average molecular weight is 173 g/mol. The molecule has 1 unspecified atom stereocenters. The summed E-state index contributed by atoms with van der Waals surface area (Å²) >= 11 is 0. The van der Waals surface area contributed by atoms with Gasteiger partial charge in [0.15, 0.2) is 0 Å². The molecule has 1 rings (SSSR count). The van der Waals surface area contributed by atoms with Gasteiger partial charge in [0, 0.05) is 5.56 Å². The van der Waals surface area contributed by atoms with Crippen LogP contribution in [0.15, 0.2) is 24.3 Å². The maximum Gasteiger partial charge on any atom is 0.207 e. The minimum absolute atomic E-state index is 0.0318. The van der Waals surface area contributed by atoms with Crippen molar-refractivity contribution >= 4 is 6.41 Å². The van der Waals surface area contributed by atoms with Gasteiger partial charge in [-0.25, -0.2) is 0 Å². The van der Waals surface area contributed by atoms with E-state index in [-0.39, 0.29) is 6.04 Å². The highest BCUT2D eigenvalue weighted by molar-refractivity contribution is 5.48. The van der Waals surface area contributed by atoms with Crippen LogP contribution in [0.25, 0.3) is 0 Å².